The molecule has 0 radical (unpaired) electrons. The van der Waals surface area contributed by atoms with E-state index in [4.69, 9.17) is 14.5 Å². The fourth-order valence-electron chi connectivity index (χ4n) is 3.59. The second kappa shape index (κ2) is 9.96. The van der Waals surface area contributed by atoms with Gasteiger partial charge in [0.2, 0.25) is 0 Å². The highest BCUT2D eigenvalue weighted by Crippen LogP contribution is 2.26. The van der Waals surface area contributed by atoms with Gasteiger partial charge in [-0.25, -0.2) is 4.98 Å². The Morgan fingerprint density at radius 3 is 2.41 bits per heavy atom. The fourth-order valence-corrected chi connectivity index (χ4v) is 3.59. The van der Waals surface area contributed by atoms with E-state index in [1.807, 2.05) is 55.5 Å². The molecule has 7 nitrogen and oxygen atoms in total. The second-order valence-corrected chi connectivity index (χ2v) is 7.29. The van der Waals surface area contributed by atoms with Crippen molar-refractivity contribution in [3.8, 4) is 11.5 Å². The molecule has 0 fully saturated rings. The van der Waals surface area contributed by atoms with Crippen molar-refractivity contribution in [1.29, 1.82) is 0 Å². The van der Waals surface area contributed by atoms with Crippen LogP contribution in [0.5, 0.6) is 11.5 Å². The van der Waals surface area contributed by atoms with Crippen molar-refractivity contribution in [3.05, 3.63) is 84.4 Å². The summed E-state index contributed by atoms with van der Waals surface area (Å²) in [6.45, 7) is 3.94. The maximum absolute atomic E-state index is 12.8. The molecule has 4 aromatic rings. The Kier molecular flexibility index (Phi) is 6.65. The summed E-state index contributed by atoms with van der Waals surface area (Å²) >= 11 is 0. The average molecular weight is 431 g/mol. The van der Waals surface area contributed by atoms with Gasteiger partial charge in [0.25, 0.3) is 5.91 Å². The van der Waals surface area contributed by atoms with Crippen LogP contribution in [0.3, 0.4) is 0 Å². The fraction of sp³-hybridized carbons (Fsp3) is 0.240. The van der Waals surface area contributed by atoms with Gasteiger partial charge in [0, 0.05) is 25.0 Å². The number of amides is 1. The molecule has 0 aliphatic heterocycles. The highest BCUT2D eigenvalue weighted by atomic mass is 16.5. The predicted molar refractivity (Wildman–Crippen MR) is 123 cm³/mol. The molecule has 32 heavy (non-hydrogen) atoms. The smallest absolute Gasteiger partial charge is 0.254 e. The van der Waals surface area contributed by atoms with Crippen molar-refractivity contribution < 1.29 is 14.3 Å². The molecular weight excluding hydrogens is 404 g/mol. The molecule has 0 bridgehead atoms. The van der Waals surface area contributed by atoms with Crippen LogP contribution in [-0.2, 0) is 13.1 Å². The lowest BCUT2D eigenvalue weighted by Crippen LogP contribution is -2.28. The number of benzene rings is 2. The van der Waals surface area contributed by atoms with Crippen LogP contribution < -0.4 is 9.47 Å². The predicted octanol–water partition coefficient (Wildman–Crippen LogP) is 4.18. The number of nitrogens with zero attached hydrogens (tertiary/aromatic N) is 4. The first-order valence-corrected chi connectivity index (χ1v) is 10.6. The number of rotatable bonds is 9. The summed E-state index contributed by atoms with van der Waals surface area (Å²) in [7, 11) is 1.78. The van der Waals surface area contributed by atoms with Crippen molar-refractivity contribution in [1.82, 2.24) is 19.4 Å². The van der Waals surface area contributed by atoms with Crippen LogP contribution in [0.2, 0.25) is 0 Å². The van der Waals surface area contributed by atoms with Gasteiger partial charge in [0.05, 0.1) is 30.7 Å². The monoisotopic (exact) mass is 430 g/mol. The second-order valence-electron chi connectivity index (χ2n) is 7.29. The first-order chi connectivity index (χ1) is 15.7. The van der Waals surface area contributed by atoms with E-state index in [-0.39, 0.29) is 5.91 Å². The van der Waals surface area contributed by atoms with E-state index in [9.17, 15) is 4.79 Å². The van der Waals surface area contributed by atoms with Crippen LogP contribution in [0.1, 0.15) is 23.1 Å². The number of aromatic nitrogens is 3. The lowest BCUT2D eigenvalue weighted by Gasteiger charge is -2.18. The van der Waals surface area contributed by atoms with Gasteiger partial charge in [-0.2, -0.15) is 0 Å². The van der Waals surface area contributed by atoms with Crippen molar-refractivity contribution in [2.24, 2.45) is 0 Å². The largest absolute Gasteiger partial charge is 0.490 e. The minimum absolute atomic E-state index is 0.0760. The van der Waals surface area contributed by atoms with Crippen LogP contribution >= 0.6 is 0 Å². The highest BCUT2D eigenvalue weighted by molar-refractivity contribution is 5.93. The van der Waals surface area contributed by atoms with Crippen molar-refractivity contribution in [3.63, 3.8) is 0 Å². The van der Waals surface area contributed by atoms with Crippen molar-refractivity contribution >= 4 is 16.9 Å². The minimum atomic E-state index is -0.0760. The third kappa shape index (κ3) is 4.72. The molecule has 164 valence electrons. The van der Waals surface area contributed by atoms with Gasteiger partial charge >= 0.3 is 0 Å². The molecule has 0 aliphatic rings. The molecule has 0 spiro atoms. The Bertz CT molecular complexity index is 1190. The molecule has 0 aliphatic carbocycles. The molecule has 0 saturated carbocycles. The third-order valence-corrected chi connectivity index (χ3v) is 5.11. The zero-order valence-electron chi connectivity index (χ0n) is 18.3. The van der Waals surface area contributed by atoms with Crippen molar-refractivity contribution in [2.45, 2.75) is 20.0 Å². The van der Waals surface area contributed by atoms with Gasteiger partial charge in [0.1, 0.15) is 12.4 Å². The SMILES string of the molecule is CCOc1ccccc1OCCn1c(CN(C)C(=O)c2ccncc2)nc2ccccc21. The van der Waals surface area contributed by atoms with E-state index in [2.05, 4.69) is 9.55 Å². The van der Waals surface area contributed by atoms with Crippen LogP contribution in [0.4, 0.5) is 0 Å². The van der Waals surface area contributed by atoms with Gasteiger partial charge in [-0.3, -0.25) is 9.78 Å². The summed E-state index contributed by atoms with van der Waals surface area (Å²) in [6.07, 6.45) is 3.24. The Hall–Kier alpha value is -3.87. The first kappa shape index (κ1) is 21.4. The Morgan fingerprint density at radius 1 is 0.969 bits per heavy atom. The zero-order valence-corrected chi connectivity index (χ0v) is 18.3. The highest BCUT2D eigenvalue weighted by Gasteiger charge is 2.17. The summed E-state index contributed by atoms with van der Waals surface area (Å²) < 4.78 is 13.8. The molecule has 0 N–H and O–H groups in total. The first-order valence-electron chi connectivity index (χ1n) is 10.6. The quantitative estimate of drug-likeness (QED) is 0.398. The number of para-hydroxylation sites is 4. The Balaban J connectivity index is 1.52. The van der Waals surface area contributed by atoms with Crippen molar-refractivity contribution in [2.75, 3.05) is 20.3 Å². The number of carbonyl (C=O) groups is 1. The lowest BCUT2D eigenvalue weighted by atomic mass is 10.2. The molecule has 0 atom stereocenters. The van der Waals surface area contributed by atoms with E-state index in [1.54, 1.807) is 36.5 Å². The molecule has 2 heterocycles. The normalized spacial score (nSPS) is 10.8. The van der Waals surface area contributed by atoms with Crippen LogP contribution in [0, 0.1) is 0 Å². The van der Waals surface area contributed by atoms with Crippen LogP contribution in [0.15, 0.2) is 73.1 Å². The molecule has 7 heteroatoms. The topological polar surface area (TPSA) is 69.5 Å². The van der Waals surface area contributed by atoms with E-state index in [0.717, 1.165) is 22.6 Å². The lowest BCUT2D eigenvalue weighted by molar-refractivity contribution is 0.0780. The molecule has 2 aromatic carbocycles. The number of pyridine rings is 1. The summed E-state index contributed by atoms with van der Waals surface area (Å²) in [5, 5.41) is 0. The average Bonchev–Trinajstić information content (AvgIpc) is 3.17. The minimum Gasteiger partial charge on any atom is -0.490 e. The van der Waals surface area contributed by atoms with E-state index in [1.165, 1.54) is 0 Å². The van der Waals surface area contributed by atoms with E-state index in [0.29, 0.717) is 37.6 Å². The number of imidazole rings is 1. The Morgan fingerprint density at radius 2 is 1.66 bits per heavy atom. The summed E-state index contributed by atoms with van der Waals surface area (Å²) in [6, 6.07) is 19.0. The van der Waals surface area contributed by atoms with Gasteiger partial charge < -0.3 is 18.9 Å². The van der Waals surface area contributed by atoms with E-state index < -0.39 is 0 Å². The number of hydrogen-bond donors (Lipinski definition) is 0. The maximum Gasteiger partial charge on any atom is 0.254 e. The van der Waals surface area contributed by atoms with E-state index >= 15 is 0 Å². The van der Waals surface area contributed by atoms with Crippen LogP contribution in [0.25, 0.3) is 11.0 Å². The molecule has 1 amide bonds. The maximum atomic E-state index is 12.8. The summed E-state index contributed by atoms with van der Waals surface area (Å²) in [5.41, 5.74) is 2.50. The van der Waals surface area contributed by atoms with Gasteiger partial charge in [-0.05, 0) is 43.3 Å². The van der Waals surface area contributed by atoms with Gasteiger partial charge in [-0.1, -0.05) is 24.3 Å². The molecular formula is C25H26N4O3. The van der Waals surface area contributed by atoms with Gasteiger partial charge in [-0.15, -0.1) is 0 Å². The third-order valence-electron chi connectivity index (χ3n) is 5.11. The zero-order chi connectivity index (χ0) is 22.3. The number of fused-ring (bicyclic) bond motifs is 1. The molecule has 4 rings (SSSR count). The number of carbonyl (C=O) groups excluding carboxylic acids is 1. The number of ether oxygens (including phenoxy) is 2. The molecule has 0 saturated heterocycles. The molecule has 2 aromatic heterocycles. The van der Waals surface area contributed by atoms with Gasteiger partial charge in [0.15, 0.2) is 11.5 Å². The summed E-state index contributed by atoms with van der Waals surface area (Å²) in [4.78, 5) is 23.2. The Labute approximate surface area is 187 Å². The summed E-state index contributed by atoms with van der Waals surface area (Å²) in [5.74, 6) is 2.17. The van der Waals surface area contributed by atoms with Crippen LogP contribution in [-0.4, -0.2) is 45.6 Å². The molecule has 0 unspecified atom stereocenters. The standard InChI is InChI=1S/C25H26N4O3/c1-3-31-22-10-6-7-11-23(22)32-17-16-29-21-9-5-4-8-20(21)27-24(29)18-28(2)25(30)19-12-14-26-15-13-19/h4-15H,3,16-18H2,1-2H3. The number of hydrogen-bond acceptors (Lipinski definition) is 5.